The summed E-state index contributed by atoms with van der Waals surface area (Å²) in [6, 6.07) is 15.4. The maximum atomic E-state index is 12.4. The number of hydrogen-bond acceptors (Lipinski definition) is 3. The molecule has 3 aromatic rings. The van der Waals surface area contributed by atoms with Gasteiger partial charge in [0.05, 0.1) is 17.6 Å². The second kappa shape index (κ2) is 7.68. The van der Waals surface area contributed by atoms with Crippen LogP contribution in [0.2, 0.25) is 5.02 Å². The highest BCUT2D eigenvalue weighted by molar-refractivity contribution is 6.32. The lowest BCUT2D eigenvalue weighted by Crippen LogP contribution is -2.29. The zero-order chi connectivity index (χ0) is 19.7. The second-order valence-electron chi connectivity index (χ2n) is 7.10. The van der Waals surface area contributed by atoms with Crippen LogP contribution in [0.1, 0.15) is 23.5 Å². The molecule has 0 spiro atoms. The van der Waals surface area contributed by atoms with Crippen molar-refractivity contribution in [1.82, 2.24) is 10.3 Å². The lowest BCUT2D eigenvalue weighted by atomic mass is 10.1. The monoisotopic (exact) mass is 396 g/mol. The number of ether oxygens (including phenoxy) is 1. The van der Waals surface area contributed by atoms with E-state index in [1.54, 1.807) is 19.2 Å². The van der Waals surface area contributed by atoms with E-state index in [9.17, 15) is 9.59 Å². The van der Waals surface area contributed by atoms with E-state index in [1.165, 1.54) is 5.56 Å². The van der Waals surface area contributed by atoms with Crippen molar-refractivity contribution < 1.29 is 9.53 Å². The van der Waals surface area contributed by atoms with E-state index in [4.69, 9.17) is 16.3 Å². The summed E-state index contributed by atoms with van der Waals surface area (Å²) in [5.74, 6) is 0.951. The summed E-state index contributed by atoms with van der Waals surface area (Å²) in [5.41, 5.74) is 2.32. The molecule has 28 heavy (non-hydrogen) atoms. The Labute approximate surface area is 167 Å². The largest absolute Gasteiger partial charge is 0.495 e. The van der Waals surface area contributed by atoms with Crippen LogP contribution in [0.15, 0.2) is 53.3 Å². The minimum absolute atomic E-state index is 0.0312. The van der Waals surface area contributed by atoms with Gasteiger partial charge in [0.15, 0.2) is 0 Å². The van der Waals surface area contributed by atoms with Gasteiger partial charge in [-0.2, -0.15) is 0 Å². The predicted molar refractivity (Wildman–Crippen MR) is 110 cm³/mol. The van der Waals surface area contributed by atoms with Gasteiger partial charge in [-0.15, -0.1) is 0 Å². The summed E-state index contributed by atoms with van der Waals surface area (Å²) < 4.78 is 5.23. The number of fused-ring (bicyclic) bond motifs is 1. The number of halogens is 1. The Morgan fingerprint density at radius 2 is 2.04 bits per heavy atom. The number of carbonyl (C=O) groups is 1. The van der Waals surface area contributed by atoms with E-state index in [-0.39, 0.29) is 17.4 Å². The van der Waals surface area contributed by atoms with Gasteiger partial charge in [-0.25, -0.2) is 0 Å². The van der Waals surface area contributed by atoms with Crippen molar-refractivity contribution in [2.75, 3.05) is 13.7 Å². The van der Waals surface area contributed by atoms with Crippen LogP contribution in [-0.4, -0.2) is 24.5 Å². The molecule has 1 saturated carbocycles. The standard InChI is InChI=1S/C22H21ClN2O3/c1-28-20-10-15-9-14(21(26)25-19(15)12-18(20)23)7-8-24-22(27)17-11-16(17)13-5-3-2-4-6-13/h2-6,9-10,12,16-17H,7-8,11H2,1H3,(H,24,27)(H,25,26). The quantitative estimate of drug-likeness (QED) is 0.668. The SMILES string of the molecule is COc1cc2cc(CCNC(=O)C3CC3c3ccccc3)c(=O)[nH]c2cc1Cl. The Hall–Kier alpha value is -2.79. The van der Waals surface area contributed by atoms with Crippen LogP contribution < -0.4 is 15.6 Å². The Morgan fingerprint density at radius 3 is 2.79 bits per heavy atom. The number of benzene rings is 2. The van der Waals surface area contributed by atoms with Gasteiger partial charge in [0, 0.05) is 23.4 Å². The van der Waals surface area contributed by atoms with Gasteiger partial charge in [0.2, 0.25) is 5.91 Å². The number of aromatic nitrogens is 1. The number of methoxy groups -OCH3 is 1. The minimum atomic E-state index is -0.170. The van der Waals surface area contributed by atoms with Gasteiger partial charge in [0.25, 0.3) is 5.56 Å². The zero-order valence-electron chi connectivity index (χ0n) is 15.5. The molecule has 1 fully saturated rings. The number of carbonyl (C=O) groups excluding carboxylic acids is 1. The Morgan fingerprint density at radius 1 is 1.25 bits per heavy atom. The van der Waals surface area contributed by atoms with Crippen LogP contribution in [0.4, 0.5) is 0 Å². The molecule has 1 aliphatic carbocycles. The number of aromatic amines is 1. The van der Waals surface area contributed by atoms with Crippen molar-refractivity contribution in [2.45, 2.75) is 18.8 Å². The molecular formula is C22H21ClN2O3. The maximum Gasteiger partial charge on any atom is 0.251 e. The number of H-pyrrole nitrogens is 1. The van der Waals surface area contributed by atoms with Crippen LogP contribution >= 0.6 is 11.6 Å². The second-order valence-corrected chi connectivity index (χ2v) is 7.51. The molecule has 2 N–H and O–H groups in total. The smallest absolute Gasteiger partial charge is 0.251 e. The first-order valence-corrected chi connectivity index (χ1v) is 9.66. The highest BCUT2D eigenvalue weighted by Gasteiger charge is 2.43. The molecule has 2 atom stereocenters. The molecule has 4 rings (SSSR count). The zero-order valence-corrected chi connectivity index (χ0v) is 16.3. The molecule has 0 saturated heterocycles. The van der Waals surface area contributed by atoms with Crippen LogP contribution in [0.25, 0.3) is 10.9 Å². The number of pyridine rings is 1. The number of amides is 1. The van der Waals surface area contributed by atoms with Gasteiger partial charge < -0.3 is 15.0 Å². The minimum Gasteiger partial charge on any atom is -0.495 e. The van der Waals surface area contributed by atoms with Crippen molar-refractivity contribution in [2.24, 2.45) is 5.92 Å². The molecule has 1 aliphatic rings. The molecule has 1 amide bonds. The number of nitrogens with one attached hydrogen (secondary N) is 2. The van der Waals surface area contributed by atoms with E-state index < -0.39 is 0 Å². The van der Waals surface area contributed by atoms with Crippen LogP contribution in [-0.2, 0) is 11.2 Å². The summed E-state index contributed by atoms with van der Waals surface area (Å²) >= 11 is 6.11. The average Bonchev–Trinajstić information content (AvgIpc) is 3.50. The topological polar surface area (TPSA) is 71.2 Å². The fraction of sp³-hybridized carbons (Fsp3) is 0.273. The third kappa shape index (κ3) is 3.76. The molecule has 0 aliphatic heterocycles. The van der Waals surface area contributed by atoms with Gasteiger partial charge in [0.1, 0.15) is 5.75 Å². The third-order valence-corrected chi connectivity index (χ3v) is 5.54. The maximum absolute atomic E-state index is 12.4. The molecule has 0 radical (unpaired) electrons. The average molecular weight is 397 g/mol. The first-order chi connectivity index (χ1) is 13.6. The van der Waals surface area contributed by atoms with Crippen molar-refractivity contribution in [3.05, 3.63) is 75.0 Å². The number of rotatable bonds is 6. The summed E-state index contributed by atoms with van der Waals surface area (Å²) in [6.07, 6.45) is 1.34. The predicted octanol–water partition coefficient (Wildman–Crippen LogP) is 3.65. The highest BCUT2D eigenvalue weighted by Crippen LogP contribution is 2.47. The van der Waals surface area contributed by atoms with Crippen LogP contribution in [0, 0.1) is 5.92 Å². The van der Waals surface area contributed by atoms with E-state index in [0.717, 1.165) is 11.8 Å². The first-order valence-electron chi connectivity index (χ1n) is 9.29. The Kier molecular flexibility index (Phi) is 5.09. The first kappa shape index (κ1) is 18.6. The third-order valence-electron chi connectivity index (χ3n) is 5.24. The molecule has 144 valence electrons. The van der Waals surface area contributed by atoms with E-state index in [2.05, 4.69) is 22.4 Å². The summed E-state index contributed by atoms with van der Waals surface area (Å²) in [6.45, 7) is 0.427. The molecule has 2 unspecified atom stereocenters. The molecule has 2 aromatic carbocycles. The van der Waals surface area contributed by atoms with Crippen LogP contribution in [0.3, 0.4) is 0 Å². The van der Waals surface area contributed by atoms with Gasteiger partial charge in [-0.1, -0.05) is 41.9 Å². The van der Waals surface area contributed by atoms with Crippen molar-refractivity contribution in [3.8, 4) is 5.75 Å². The summed E-state index contributed by atoms with van der Waals surface area (Å²) in [4.78, 5) is 27.5. The fourth-order valence-electron chi connectivity index (χ4n) is 3.60. The molecule has 1 aromatic heterocycles. The Bertz CT molecular complexity index is 1080. The lowest BCUT2D eigenvalue weighted by Gasteiger charge is -2.08. The summed E-state index contributed by atoms with van der Waals surface area (Å²) in [7, 11) is 1.55. The highest BCUT2D eigenvalue weighted by atomic mass is 35.5. The van der Waals surface area contributed by atoms with Crippen molar-refractivity contribution in [1.29, 1.82) is 0 Å². The van der Waals surface area contributed by atoms with Gasteiger partial charge >= 0.3 is 0 Å². The number of hydrogen-bond donors (Lipinski definition) is 2. The van der Waals surface area contributed by atoms with E-state index >= 15 is 0 Å². The van der Waals surface area contributed by atoms with Crippen molar-refractivity contribution >= 4 is 28.4 Å². The Balaban J connectivity index is 1.39. The van der Waals surface area contributed by atoms with Gasteiger partial charge in [-0.3, -0.25) is 9.59 Å². The molecule has 6 heteroatoms. The normalized spacial score (nSPS) is 18.1. The lowest BCUT2D eigenvalue weighted by molar-refractivity contribution is -0.122. The van der Waals surface area contributed by atoms with Crippen LogP contribution in [0.5, 0.6) is 5.75 Å². The van der Waals surface area contributed by atoms with E-state index in [0.29, 0.717) is 40.7 Å². The molecular weight excluding hydrogens is 376 g/mol. The fourth-order valence-corrected chi connectivity index (χ4v) is 3.84. The van der Waals surface area contributed by atoms with Gasteiger partial charge in [-0.05, 0) is 42.5 Å². The summed E-state index contributed by atoms with van der Waals surface area (Å²) in [5, 5.41) is 4.25. The van der Waals surface area contributed by atoms with E-state index in [1.807, 2.05) is 24.3 Å². The molecule has 1 heterocycles. The van der Waals surface area contributed by atoms with Crippen molar-refractivity contribution in [3.63, 3.8) is 0 Å². The molecule has 5 nitrogen and oxygen atoms in total. The molecule has 0 bridgehead atoms.